The molecule has 4 unspecified atom stereocenters. The largest absolute Gasteiger partial charge is 0.492 e. The van der Waals surface area contributed by atoms with Gasteiger partial charge in [-0.3, -0.25) is 0 Å². The third kappa shape index (κ3) is 5.22. The van der Waals surface area contributed by atoms with Gasteiger partial charge in [-0.1, -0.05) is 0 Å². The van der Waals surface area contributed by atoms with Crippen LogP contribution in [0.4, 0.5) is 11.4 Å². The summed E-state index contributed by atoms with van der Waals surface area (Å²) >= 11 is 0. The lowest BCUT2D eigenvalue weighted by atomic mass is 10.0. The minimum absolute atomic E-state index is 0.00808. The summed E-state index contributed by atoms with van der Waals surface area (Å²) in [6.45, 7) is 1.58. The van der Waals surface area contributed by atoms with Crippen LogP contribution in [-0.2, 0) is 0 Å². The van der Waals surface area contributed by atoms with E-state index in [4.69, 9.17) is 15.6 Å². The molecule has 1 aromatic rings. The molecule has 8 nitrogen and oxygen atoms in total. The zero-order valence-electron chi connectivity index (χ0n) is 13.3. The quantitative estimate of drug-likeness (QED) is 0.302. The van der Waals surface area contributed by atoms with Crippen LogP contribution < -0.4 is 15.4 Å². The molecule has 0 heterocycles. The van der Waals surface area contributed by atoms with Gasteiger partial charge in [-0.25, -0.2) is 0 Å². The van der Waals surface area contributed by atoms with Gasteiger partial charge >= 0.3 is 0 Å². The highest BCUT2D eigenvalue weighted by atomic mass is 16.5. The van der Waals surface area contributed by atoms with Crippen molar-refractivity contribution in [2.75, 3.05) is 37.4 Å². The van der Waals surface area contributed by atoms with Crippen LogP contribution in [0.5, 0.6) is 5.75 Å². The van der Waals surface area contributed by atoms with Gasteiger partial charge in [0.05, 0.1) is 25.0 Å². The van der Waals surface area contributed by atoms with Gasteiger partial charge in [0, 0.05) is 25.3 Å². The number of ether oxygens (including phenoxy) is 1. The first-order valence-electron chi connectivity index (χ1n) is 7.38. The summed E-state index contributed by atoms with van der Waals surface area (Å²) in [6, 6.07) is 5.11. The van der Waals surface area contributed by atoms with Crippen LogP contribution in [0, 0.1) is 0 Å². The lowest BCUT2D eigenvalue weighted by Gasteiger charge is -2.29. The smallest absolute Gasteiger partial charge is 0.144 e. The Hall–Kier alpha value is -1.58. The molecule has 4 atom stereocenters. The minimum Gasteiger partial charge on any atom is -0.492 e. The van der Waals surface area contributed by atoms with Crippen molar-refractivity contribution in [2.24, 2.45) is 0 Å². The van der Waals surface area contributed by atoms with E-state index in [0.29, 0.717) is 23.7 Å². The van der Waals surface area contributed by atoms with E-state index in [2.05, 4.69) is 0 Å². The SMILES string of the molecule is CCOc1cc(N(C)CC(O)C(O)C(O)C(O)CO)ccc1N. The van der Waals surface area contributed by atoms with Crippen LogP contribution in [-0.4, -0.2) is 76.8 Å². The molecule has 1 rings (SSSR count). The Morgan fingerprint density at radius 1 is 1.13 bits per heavy atom. The average molecular weight is 330 g/mol. The van der Waals surface area contributed by atoms with Gasteiger partial charge in [-0.15, -0.1) is 0 Å². The Labute approximate surface area is 135 Å². The number of hydrogen-bond donors (Lipinski definition) is 6. The second-order valence-electron chi connectivity index (χ2n) is 5.33. The van der Waals surface area contributed by atoms with Gasteiger partial charge in [-0.05, 0) is 19.1 Å². The van der Waals surface area contributed by atoms with Gasteiger partial charge in [0.1, 0.15) is 24.1 Å². The standard InChI is InChI=1S/C15H26N2O6/c1-3-23-13-6-9(4-5-10(13)16)17(2)7-11(19)14(21)15(22)12(20)8-18/h4-6,11-12,14-15,18-22H,3,7-8,16H2,1-2H3. The molecule has 8 heteroatoms. The number of nitrogens with zero attached hydrogens (tertiary/aromatic N) is 1. The fourth-order valence-electron chi connectivity index (χ4n) is 2.10. The second kappa shape index (κ2) is 8.90. The van der Waals surface area contributed by atoms with Crippen LogP contribution in [0.15, 0.2) is 18.2 Å². The van der Waals surface area contributed by atoms with E-state index < -0.39 is 31.0 Å². The molecule has 132 valence electrons. The van der Waals surface area contributed by atoms with E-state index in [1.807, 2.05) is 6.92 Å². The Bertz CT molecular complexity index is 487. The number of likely N-dealkylation sites (N-methyl/N-ethyl adjacent to an activating group) is 1. The number of benzene rings is 1. The summed E-state index contributed by atoms with van der Waals surface area (Å²) in [4.78, 5) is 1.65. The summed E-state index contributed by atoms with van der Waals surface area (Å²) in [7, 11) is 1.69. The number of aliphatic hydroxyl groups excluding tert-OH is 5. The van der Waals surface area contributed by atoms with Gasteiger partial charge in [-0.2, -0.15) is 0 Å². The van der Waals surface area contributed by atoms with Crippen LogP contribution in [0.1, 0.15) is 6.92 Å². The van der Waals surface area contributed by atoms with E-state index >= 15 is 0 Å². The number of nitrogens with two attached hydrogens (primary N) is 1. The van der Waals surface area contributed by atoms with Crippen LogP contribution in [0.2, 0.25) is 0 Å². The highest BCUT2D eigenvalue weighted by molar-refractivity contribution is 5.62. The highest BCUT2D eigenvalue weighted by Crippen LogP contribution is 2.27. The highest BCUT2D eigenvalue weighted by Gasteiger charge is 2.30. The molecule has 7 N–H and O–H groups in total. The van der Waals surface area contributed by atoms with Gasteiger partial charge in [0.2, 0.25) is 0 Å². The predicted molar refractivity (Wildman–Crippen MR) is 86.4 cm³/mol. The third-order valence-corrected chi connectivity index (χ3v) is 3.52. The van der Waals surface area contributed by atoms with E-state index in [1.165, 1.54) is 0 Å². The molecule has 0 amide bonds. The number of anilines is 2. The summed E-state index contributed by atoms with van der Waals surface area (Å²) in [6.07, 6.45) is -6.09. The Morgan fingerprint density at radius 3 is 2.30 bits per heavy atom. The first-order valence-corrected chi connectivity index (χ1v) is 7.38. The molecule has 0 saturated heterocycles. The first-order chi connectivity index (χ1) is 10.8. The van der Waals surface area contributed by atoms with Crippen molar-refractivity contribution in [2.45, 2.75) is 31.3 Å². The van der Waals surface area contributed by atoms with Crippen LogP contribution in [0.25, 0.3) is 0 Å². The first kappa shape index (κ1) is 19.5. The molecule has 0 spiro atoms. The van der Waals surface area contributed by atoms with Crippen molar-refractivity contribution < 1.29 is 30.3 Å². The van der Waals surface area contributed by atoms with Crippen molar-refractivity contribution in [1.29, 1.82) is 0 Å². The predicted octanol–water partition coefficient (Wildman–Crippen LogP) is -1.46. The Morgan fingerprint density at radius 2 is 1.74 bits per heavy atom. The molecule has 0 aliphatic carbocycles. The van der Waals surface area contributed by atoms with Crippen LogP contribution in [0.3, 0.4) is 0 Å². The zero-order valence-corrected chi connectivity index (χ0v) is 13.3. The summed E-state index contributed by atoms with van der Waals surface area (Å²) in [5.41, 5.74) is 6.99. The van der Waals surface area contributed by atoms with Gasteiger partial charge < -0.3 is 40.9 Å². The number of aliphatic hydroxyl groups is 5. The van der Waals surface area contributed by atoms with Gasteiger partial charge in [0.25, 0.3) is 0 Å². The molecular formula is C15H26N2O6. The molecule has 0 aliphatic heterocycles. The maximum absolute atomic E-state index is 9.99. The van der Waals surface area contributed by atoms with Crippen molar-refractivity contribution in [3.8, 4) is 5.75 Å². The fourth-order valence-corrected chi connectivity index (χ4v) is 2.10. The van der Waals surface area contributed by atoms with E-state index in [0.717, 1.165) is 0 Å². The fraction of sp³-hybridized carbons (Fsp3) is 0.600. The maximum Gasteiger partial charge on any atom is 0.144 e. The molecule has 0 saturated carbocycles. The molecule has 0 fully saturated rings. The molecule has 23 heavy (non-hydrogen) atoms. The van der Waals surface area contributed by atoms with Crippen molar-refractivity contribution in [1.82, 2.24) is 0 Å². The molecule has 0 aliphatic rings. The summed E-state index contributed by atoms with van der Waals surface area (Å²) < 4.78 is 5.40. The van der Waals surface area contributed by atoms with E-state index in [1.54, 1.807) is 30.1 Å². The number of hydrogen-bond acceptors (Lipinski definition) is 8. The zero-order chi connectivity index (χ0) is 17.6. The lowest BCUT2D eigenvalue weighted by molar-refractivity contribution is -0.112. The van der Waals surface area contributed by atoms with Crippen LogP contribution >= 0.6 is 0 Å². The lowest BCUT2D eigenvalue weighted by Crippen LogP contribution is -2.49. The minimum atomic E-state index is -1.64. The third-order valence-electron chi connectivity index (χ3n) is 3.52. The van der Waals surface area contributed by atoms with Crippen molar-refractivity contribution in [3.05, 3.63) is 18.2 Å². The number of rotatable bonds is 9. The Balaban J connectivity index is 2.74. The summed E-state index contributed by atoms with van der Waals surface area (Å²) in [5.74, 6) is 0.516. The molecule has 0 bridgehead atoms. The topological polar surface area (TPSA) is 140 Å². The summed E-state index contributed by atoms with van der Waals surface area (Å²) in [5, 5.41) is 47.5. The molecule has 1 aromatic carbocycles. The van der Waals surface area contributed by atoms with E-state index in [-0.39, 0.29) is 6.54 Å². The van der Waals surface area contributed by atoms with E-state index in [9.17, 15) is 20.4 Å². The number of nitrogen functional groups attached to an aromatic ring is 1. The van der Waals surface area contributed by atoms with Crippen molar-refractivity contribution in [3.63, 3.8) is 0 Å². The van der Waals surface area contributed by atoms with Crippen molar-refractivity contribution >= 4 is 11.4 Å². The maximum atomic E-state index is 9.99. The molecule has 0 aromatic heterocycles. The van der Waals surface area contributed by atoms with Gasteiger partial charge in [0.15, 0.2) is 0 Å². The second-order valence-corrected chi connectivity index (χ2v) is 5.33. The normalized spacial score (nSPS) is 16.5. The molecular weight excluding hydrogens is 304 g/mol. The molecule has 0 radical (unpaired) electrons. The Kier molecular flexibility index (Phi) is 7.53. The average Bonchev–Trinajstić information content (AvgIpc) is 2.54. The monoisotopic (exact) mass is 330 g/mol.